The third kappa shape index (κ3) is 3.42. The number of aromatic amines is 1. The average molecular weight is 307 g/mol. The van der Waals surface area contributed by atoms with Gasteiger partial charge in [0.25, 0.3) is 5.91 Å². The Kier molecular flexibility index (Phi) is 4.42. The van der Waals surface area contributed by atoms with Crippen molar-refractivity contribution in [1.82, 2.24) is 15.5 Å². The summed E-state index contributed by atoms with van der Waals surface area (Å²) in [5.41, 5.74) is 3.89. The highest BCUT2D eigenvalue weighted by Crippen LogP contribution is 2.16. The molecule has 1 aromatic heterocycles. The van der Waals surface area contributed by atoms with Gasteiger partial charge in [0, 0.05) is 11.9 Å². The van der Waals surface area contributed by atoms with Crippen molar-refractivity contribution < 1.29 is 4.79 Å². The van der Waals surface area contributed by atoms with E-state index in [4.69, 9.17) is 0 Å². The van der Waals surface area contributed by atoms with Crippen LogP contribution in [0, 0.1) is 0 Å². The van der Waals surface area contributed by atoms with E-state index in [0.717, 1.165) is 17.3 Å². The number of aromatic nitrogens is 2. The van der Waals surface area contributed by atoms with Crippen LogP contribution in [0.2, 0.25) is 0 Å². The van der Waals surface area contributed by atoms with Crippen molar-refractivity contribution in [3.05, 3.63) is 65.4 Å². The molecule has 3 aromatic rings. The van der Waals surface area contributed by atoms with Crippen molar-refractivity contribution in [2.75, 3.05) is 6.54 Å². The molecule has 3 rings (SSSR count). The van der Waals surface area contributed by atoms with E-state index >= 15 is 0 Å². The highest BCUT2D eigenvalue weighted by atomic mass is 16.1. The second-order valence-corrected chi connectivity index (χ2v) is 6.02. The maximum atomic E-state index is 12.3. The van der Waals surface area contributed by atoms with Crippen LogP contribution in [0.4, 0.5) is 0 Å². The molecule has 4 heteroatoms. The molecule has 4 nitrogen and oxygen atoms in total. The van der Waals surface area contributed by atoms with Gasteiger partial charge in [-0.15, -0.1) is 0 Å². The molecule has 0 spiro atoms. The average Bonchev–Trinajstić information content (AvgIpc) is 2.99. The molecule has 0 radical (unpaired) electrons. The maximum Gasteiger partial charge on any atom is 0.272 e. The lowest BCUT2D eigenvalue weighted by molar-refractivity contribution is 0.0950. The zero-order valence-electron chi connectivity index (χ0n) is 13.5. The number of hydrogen-bond donors (Lipinski definition) is 2. The predicted molar refractivity (Wildman–Crippen MR) is 92.7 cm³/mol. The fourth-order valence-electron chi connectivity index (χ4n) is 2.61. The largest absolute Gasteiger partial charge is 0.350 e. The van der Waals surface area contributed by atoms with Gasteiger partial charge in [0.05, 0.1) is 5.52 Å². The van der Waals surface area contributed by atoms with E-state index in [1.54, 1.807) is 0 Å². The SMILES string of the molecule is CC(C)c1ccc(CCNC(=O)c2n[nH]c3ccccc23)cc1. The van der Waals surface area contributed by atoms with Crippen molar-refractivity contribution in [1.29, 1.82) is 0 Å². The lowest BCUT2D eigenvalue weighted by Gasteiger charge is -2.07. The Morgan fingerprint density at radius 1 is 1.13 bits per heavy atom. The number of fused-ring (bicyclic) bond motifs is 1. The number of amides is 1. The predicted octanol–water partition coefficient (Wildman–Crippen LogP) is 3.66. The molecule has 1 amide bonds. The molecule has 0 aliphatic heterocycles. The number of carbonyl (C=O) groups is 1. The third-order valence-electron chi connectivity index (χ3n) is 4.03. The second kappa shape index (κ2) is 6.65. The van der Waals surface area contributed by atoms with Gasteiger partial charge in [-0.2, -0.15) is 5.10 Å². The molecule has 0 aliphatic carbocycles. The molecule has 2 aromatic carbocycles. The van der Waals surface area contributed by atoms with Crippen molar-refractivity contribution >= 4 is 16.8 Å². The van der Waals surface area contributed by atoms with Crippen LogP contribution in [-0.4, -0.2) is 22.6 Å². The number of nitrogens with zero attached hydrogens (tertiary/aromatic N) is 1. The Morgan fingerprint density at radius 2 is 1.87 bits per heavy atom. The number of carbonyl (C=O) groups excluding carboxylic acids is 1. The number of nitrogens with one attached hydrogen (secondary N) is 2. The molecule has 0 unspecified atom stereocenters. The summed E-state index contributed by atoms with van der Waals surface area (Å²) in [6.07, 6.45) is 0.812. The monoisotopic (exact) mass is 307 g/mol. The van der Waals surface area contributed by atoms with Gasteiger partial charge in [-0.1, -0.05) is 56.3 Å². The van der Waals surface area contributed by atoms with Gasteiger partial charge >= 0.3 is 0 Å². The maximum absolute atomic E-state index is 12.3. The summed E-state index contributed by atoms with van der Waals surface area (Å²) in [6, 6.07) is 16.2. The van der Waals surface area contributed by atoms with Crippen molar-refractivity contribution in [3.8, 4) is 0 Å². The summed E-state index contributed by atoms with van der Waals surface area (Å²) in [5, 5.41) is 10.8. The third-order valence-corrected chi connectivity index (χ3v) is 4.03. The van der Waals surface area contributed by atoms with E-state index in [-0.39, 0.29) is 5.91 Å². The van der Waals surface area contributed by atoms with Crippen LogP contribution in [0.3, 0.4) is 0 Å². The molecule has 0 fully saturated rings. The van der Waals surface area contributed by atoms with Crippen LogP contribution in [0.5, 0.6) is 0 Å². The van der Waals surface area contributed by atoms with E-state index in [1.165, 1.54) is 11.1 Å². The lowest BCUT2D eigenvalue weighted by atomic mass is 10.0. The topological polar surface area (TPSA) is 57.8 Å². The summed E-state index contributed by atoms with van der Waals surface area (Å²) in [4.78, 5) is 12.3. The molecule has 0 atom stereocenters. The number of hydrogen-bond acceptors (Lipinski definition) is 2. The summed E-state index contributed by atoms with van der Waals surface area (Å²) in [5.74, 6) is 0.401. The van der Waals surface area contributed by atoms with Crippen LogP contribution in [0.15, 0.2) is 48.5 Å². The molecular formula is C19H21N3O. The minimum absolute atomic E-state index is 0.138. The van der Waals surface area contributed by atoms with Gasteiger partial charge in [-0.05, 0) is 29.5 Å². The lowest BCUT2D eigenvalue weighted by Crippen LogP contribution is -2.26. The highest BCUT2D eigenvalue weighted by molar-refractivity contribution is 6.04. The first kappa shape index (κ1) is 15.3. The van der Waals surface area contributed by atoms with Crippen LogP contribution >= 0.6 is 0 Å². The minimum atomic E-state index is -0.138. The fraction of sp³-hybridized carbons (Fsp3) is 0.263. The highest BCUT2D eigenvalue weighted by Gasteiger charge is 2.12. The molecule has 0 saturated carbocycles. The Hall–Kier alpha value is -2.62. The molecule has 23 heavy (non-hydrogen) atoms. The summed E-state index contributed by atoms with van der Waals surface area (Å²) in [6.45, 7) is 4.97. The van der Waals surface area contributed by atoms with Crippen LogP contribution < -0.4 is 5.32 Å². The van der Waals surface area contributed by atoms with Crippen LogP contribution in [-0.2, 0) is 6.42 Å². The van der Waals surface area contributed by atoms with Gasteiger partial charge in [0.2, 0.25) is 0 Å². The number of benzene rings is 2. The Morgan fingerprint density at radius 3 is 2.61 bits per heavy atom. The first-order valence-corrected chi connectivity index (χ1v) is 7.95. The molecule has 1 heterocycles. The first-order chi connectivity index (χ1) is 11.1. The van der Waals surface area contributed by atoms with Gasteiger partial charge in [0.1, 0.15) is 0 Å². The number of H-pyrrole nitrogens is 1. The van der Waals surface area contributed by atoms with Gasteiger partial charge in [-0.25, -0.2) is 0 Å². The normalized spacial score (nSPS) is 11.1. The number of rotatable bonds is 5. The Bertz CT molecular complexity index is 803. The molecule has 2 N–H and O–H groups in total. The molecule has 0 bridgehead atoms. The second-order valence-electron chi connectivity index (χ2n) is 6.02. The molecular weight excluding hydrogens is 286 g/mol. The Labute approximate surface area is 135 Å². The standard InChI is InChI=1S/C19H21N3O/c1-13(2)15-9-7-14(8-10-15)11-12-20-19(23)18-16-5-3-4-6-17(16)21-22-18/h3-10,13H,11-12H2,1-2H3,(H,20,23)(H,21,22). The van der Waals surface area contributed by atoms with E-state index in [1.807, 2.05) is 24.3 Å². The fourth-order valence-corrected chi connectivity index (χ4v) is 2.61. The van der Waals surface area contributed by atoms with Gasteiger partial charge in [0.15, 0.2) is 5.69 Å². The van der Waals surface area contributed by atoms with Crippen molar-refractivity contribution in [2.45, 2.75) is 26.2 Å². The quantitative estimate of drug-likeness (QED) is 0.756. The minimum Gasteiger partial charge on any atom is -0.350 e. The number of para-hydroxylation sites is 1. The smallest absolute Gasteiger partial charge is 0.272 e. The molecule has 118 valence electrons. The van der Waals surface area contributed by atoms with Crippen molar-refractivity contribution in [2.24, 2.45) is 0 Å². The van der Waals surface area contributed by atoms with Crippen LogP contribution in [0.1, 0.15) is 41.4 Å². The molecule has 0 saturated heterocycles. The first-order valence-electron chi connectivity index (χ1n) is 7.95. The zero-order valence-corrected chi connectivity index (χ0v) is 13.5. The Balaban J connectivity index is 1.59. The van der Waals surface area contributed by atoms with Crippen molar-refractivity contribution in [3.63, 3.8) is 0 Å². The molecule has 0 aliphatic rings. The van der Waals surface area contributed by atoms with E-state index in [9.17, 15) is 4.79 Å². The van der Waals surface area contributed by atoms with Crippen LogP contribution in [0.25, 0.3) is 10.9 Å². The van der Waals surface area contributed by atoms with E-state index < -0.39 is 0 Å². The van der Waals surface area contributed by atoms with E-state index in [0.29, 0.717) is 18.2 Å². The van der Waals surface area contributed by atoms with E-state index in [2.05, 4.69) is 53.6 Å². The summed E-state index contributed by atoms with van der Waals surface area (Å²) in [7, 11) is 0. The summed E-state index contributed by atoms with van der Waals surface area (Å²) >= 11 is 0. The van der Waals surface area contributed by atoms with Gasteiger partial charge in [-0.3, -0.25) is 9.89 Å². The van der Waals surface area contributed by atoms with Gasteiger partial charge < -0.3 is 5.32 Å². The summed E-state index contributed by atoms with van der Waals surface area (Å²) < 4.78 is 0. The zero-order chi connectivity index (χ0) is 16.2.